The summed E-state index contributed by atoms with van der Waals surface area (Å²) in [5.41, 5.74) is 9.50. The maximum absolute atomic E-state index is 14.1. The number of hydrogen-bond acceptors (Lipinski definition) is 4. The molecular weight excluding hydrogens is 267 g/mol. The van der Waals surface area contributed by atoms with Gasteiger partial charge in [0.15, 0.2) is 5.96 Å². The zero-order valence-corrected chi connectivity index (χ0v) is 12.3. The molecule has 0 aliphatic rings. The summed E-state index contributed by atoms with van der Waals surface area (Å²) in [5, 5.41) is 2.35. The van der Waals surface area contributed by atoms with Gasteiger partial charge >= 0.3 is 5.97 Å². The van der Waals surface area contributed by atoms with Crippen molar-refractivity contribution in [2.24, 2.45) is 16.5 Å². The van der Waals surface area contributed by atoms with Crippen molar-refractivity contribution in [3.63, 3.8) is 0 Å². The number of rotatable bonds is 6. The van der Waals surface area contributed by atoms with Crippen LogP contribution in [0.4, 0.5) is 4.39 Å². The minimum absolute atomic E-state index is 0.0812. The van der Waals surface area contributed by atoms with E-state index in [1.165, 1.54) is 6.92 Å². The summed E-state index contributed by atoms with van der Waals surface area (Å²) < 4.78 is 19.0. The van der Waals surface area contributed by atoms with Gasteiger partial charge in [0, 0.05) is 13.5 Å². The van der Waals surface area contributed by atoms with Gasteiger partial charge in [0.2, 0.25) is 12.1 Å². The molecular formula is C12H23FN4O3. The third-order valence-electron chi connectivity index (χ3n) is 2.11. The van der Waals surface area contributed by atoms with E-state index in [0.717, 1.165) is 0 Å². The second-order valence-electron chi connectivity index (χ2n) is 5.34. The lowest BCUT2D eigenvalue weighted by Crippen LogP contribution is -2.46. The first-order chi connectivity index (χ1) is 9.03. The Bertz CT molecular complexity index is 375. The van der Waals surface area contributed by atoms with E-state index in [1.54, 1.807) is 20.8 Å². The third-order valence-corrected chi connectivity index (χ3v) is 2.11. The van der Waals surface area contributed by atoms with Crippen LogP contribution in [0.1, 0.15) is 34.1 Å². The number of nitrogens with one attached hydrogen (secondary N) is 1. The smallest absolute Gasteiger partial charge is 0.343 e. The molecule has 1 amide bonds. The van der Waals surface area contributed by atoms with Crippen molar-refractivity contribution >= 4 is 17.8 Å². The number of esters is 1. The molecule has 0 aliphatic heterocycles. The van der Waals surface area contributed by atoms with Crippen molar-refractivity contribution in [3.05, 3.63) is 0 Å². The quantitative estimate of drug-likeness (QED) is 0.356. The molecule has 0 aromatic carbocycles. The monoisotopic (exact) mass is 290 g/mol. The Kier molecular flexibility index (Phi) is 6.95. The fourth-order valence-corrected chi connectivity index (χ4v) is 1.41. The normalized spacial score (nSPS) is 14.1. The predicted molar refractivity (Wildman–Crippen MR) is 73.6 cm³/mol. The first kappa shape index (κ1) is 18.1. The van der Waals surface area contributed by atoms with Crippen molar-refractivity contribution in [2.45, 2.75) is 51.9 Å². The number of amides is 1. The molecule has 0 unspecified atom stereocenters. The average Bonchev–Trinajstić information content (AvgIpc) is 2.23. The molecule has 7 nitrogen and oxygen atoms in total. The van der Waals surface area contributed by atoms with Gasteiger partial charge in [-0.1, -0.05) is 0 Å². The van der Waals surface area contributed by atoms with E-state index in [9.17, 15) is 14.0 Å². The minimum atomic E-state index is -1.98. The number of alkyl halides is 1. The van der Waals surface area contributed by atoms with Gasteiger partial charge in [-0.2, -0.15) is 0 Å². The molecule has 0 saturated heterocycles. The molecule has 0 bridgehead atoms. The summed E-state index contributed by atoms with van der Waals surface area (Å²) in [5.74, 6) is -1.62. The standard InChI is InChI=1S/C12H23FN4O3/c1-7(18)17-8(5-6-16-11(14)15)9(13)10(19)20-12(2,3)4/h8-9H,5-6H2,1-4H3,(H,17,18)(H4,14,15,16)/t8-,9-/m0/s1. The van der Waals surface area contributed by atoms with E-state index in [0.29, 0.717) is 0 Å². The number of nitrogens with two attached hydrogens (primary N) is 2. The van der Waals surface area contributed by atoms with Crippen LogP contribution in [-0.4, -0.2) is 42.2 Å². The van der Waals surface area contributed by atoms with Gasteiger partial charge in [-0.15, -0.1) is 0 Å². The van der Waals surface area contributed by atoms with Crippen LogP contribution >= 0.6 is 0 Å². The van der Waals surface area contributed by atoms with Crippen LogP contribution in [-0.2, 0) is 14.3 Å². The first-order valence-corrected chi connectivity index (χ1v) is 6.22. The van der Waals surface area contributed by atoms with Crippen LogP contribution in [0.2, 0.25) is 0 Å². The molecule has 0 radical (unpaired) electrons. The van der Waals surface area contributed by atoms with Gasteiger partial charge in [0.1, 0.15) is 5.60 Å². The second kappa shape index (κ2) is 7.66. The number of hydrogen-bond donors (Lipinski definition) is 3. The molecule has 0 aromatic rings. The molecule has 0 spiro atoms. The molecule has 2 atom stereocenters. The molecule has 0 saturated carbocycles. The molecule has 116 valence electrons. The van der Waals surface area contributed by atoms with Crippen LogP contribution < -0.4 is 16.8 Å². The molecule has 0 heterocycles. The summed E-state index contributed by atoms with van der Waals surface area (Å²) in [7, 11) is 0. The Morgan fingerprint density at radius 2 is 1.90 bits per heavy atom. The topological polar surface area (TPSA) is 120 Å². The summed E-state index contributed by atoms with van der Waals surface area (Å²) in [4.78, 5) is 26.4. The third kappa shape index (κ3) is 8.28. The van der Waals surface area contributed by atoms with Gasteiger partial charge in [-0.05, 0) is 27.2 Å². The van der Waals surface area contributed by atoms with Crippen LogP contribution in [0, 0.1) is 0 Å². The van der Waals surface area contributed by atoms with E-state index in [2.05, 4.69) is 10.3 Å². The van der Waals surface area contributed by atoms with E-state index >= 15 is 0 Å². The molecule has 8 heteroatoms. The van der Waals surface area contributed by atoms with Gasteiger partial charge in [-0.25, -0.2) is 9.18 Å². The van der Waals surface area contributed by atoms with Crippen LogP contribution in [0.15, 0.2) is 4.99 Å². The Hall–Kier alpha value is -1.86. The van der Waals surface area contributed by atoms with Gasteiger partial charge in [-0.3, -0.25) is 9.79 Å². The number of halogens is 1. The second-order valence-corrected chi connectivity index (χ2v) is 5.34. The summed E-state index contributed by atoms with van der Waals surface area (Å²) in [6.07, 6.45) is -1.90. The Balaban J connectivity index is 4.70. The maximum atomic E-state index is 14.1. The Labute approximate surface area is 117 Å². The highest BCUT2D eigenvalue weighted by Gasteiger charge is 2.32. The zero-order chi connectivity index (χ0) is 15.9. The van der Waals surface area contributed by atoms with Crippen molar-refractivity contribution in [2.75, 3.05) is 6.54 Å². The van der Waals surface area contributed by atoms with Crippen LogP contribution in [0.25, 0.3) is 0 Å². The molecule has 20 heavy (non-hydrogen) atoms. The van der Waals surface area contributed by atoms with Crippen molar-refractivity contribution < 1.29 is 18.7 Å². The average molecular weight is 290 g/mol. The summed E-state index contributed by atoms with van der Waals surface area (Å²) in [6, 6.07) is -1.04. The molecule has 0 aromatic heterocycles. The summed E-state index contributed by atoms with van der Waals surface area (Å²) in [6.45, 7) is 6.21. The molecule has 0 rings (SSSR count). The number of nitrogens with zero attached hydrogens (tertiary/aromatic N) is 1. The van der Waals surface area contributed by atoms with Crippen LogP contribution in [0.3, 0.4) is 0 Å². The number of carbonyl (C=O) groups excluding carboxylic acids is 2. The summed E-state index contributed by atoms with van der Waals surface area (Å²) >= 11 is 0. The largest absolute Gasteiger partial charge is 0.458 e. The number of guanidine groups is 1. The zero-order valence-electron chi connectivity index (χ0n) is 12.3. The lowest BCUT2D eigenvalue weighted by atomic mass is 10.1. The number of carbonyl (C=O) groups is 2. The lowest BCUT2D eigenvalue weighted by molar-refractivity contribution is -0.162. The fourth-order valence-electron chi connectivity index (χ4n) is 1.41. The highest BCUT2D eigenvalue weighted by atomic mass is 19.1. The fraction of sp³-hybridized carbons (Fsp3) is 0.750. The number of aliphatic imine (C=N–C) groups is 1. The van der Waals surface area contributed by atoms with Gasteiger partial charge < -0.3 is 21.5 Å². The van der Waals surface area contributed by atoms with Crippen molar-refractivity contribution in [1.82, 2.24) is 5.32 Å². The molecule has 0 aliphatic carbocycles. The SMILES string of the molecule is CC(=O)N[C@@H](CCN=C(N)N)[C@H](F)C(=O)OC(C)(C)C. The maximum Gasteiger partial charge on any atom is 0.343 e. The lowest BCUT2D eigenvalue weighted by Gasteiger charge is -2.25. The molecule has 0 fully saturated rings. The van der Waals surface area contributed by atoms with Crippen LogP contribution in [0.5, 0.6) is 0 Å². The highest BCUT2D eigenvalue weighted by Crippen LogP contribution is 2.13. The molecule has 5 N–H and O–H groups in total. The van der Waals surface area contributed by atoms with E-state index in [-0.39, 0.29) is 18.9 Å². The van der Waals surface area contributed by atoms with Crippen molar-refractivity contribution in [1.29, 1.82) is 0 Å². The van der Waals surface area contributed by atoms with E-state index in [4.69, 9.17) is 16.2 Å². The van der Waals surface area contributed by atoms with E-state index in [1.807, 2.05) is 0 Å². The number of ether oxygens (including phenoxy) is 1. The Morgan fingerprint density at radius 3 is 2.30 bits per heavy atom. The van der Waals surface area contributed by atoms with Crippen molar-refractivity contribution in [3.8, 4) is 0 Å². The van der Waals surface area contributed by atoms with E-state index < -0.39 is 29.7 Å². The minimum Gasteiger partial charge on any atom is -0.458 e. The van der Waals surface area contributed by atoms with Gasteiger partial charge in [0.25, 0.3) is 0 Å². The first-order valence-electron chi connectivity index (χ1n) is 6.22. The predicted octanol–water partition coefficient (Wildman–Crippen LogP) is -0.166. The van der Waals surface area contributed by atoms with Gasteiger partial charge in [0.05, 0.1) is 6.04 Å². The highest BCUT2D eigenvalue weighted by molar-refractivity contribution is 5.79. The Morgan fingerprint density at radius 1 is 1.35 bits per heavy atom.